The van der Waals surface area contributed by atoms with Crippen LogP contribution in [-0.2, 0) is 0 Å². The summed E-state index contributed by atoms with van der Waals surface area (Å²) < 4.78 is 1.87. The minimum Gasteiger partial charge on any atom is -0.394 e. The summed E-state index contributed by atoms with van der Waals surface area (Å²) in [5.41, 5.74) is 1.53. The molecule has 0 radical (unpaired) electrons. The monoisotopic (exact) mass is 287 g/mol. The van der Waals surface area contributed by atoms with Crippen molar-refractivity contribution in [1.82, 2.24) is 14.9 Å². The normalized spacial score (nSPS) is 12.4. The van der Waals surface area contributed by atoms with E-state index in [1.165, 1.54) is 0 Å². The molecule has 2 N–H and O–H groups in total. The molecule has 1 amide bonds. The number of imidazole rings is 1. The van der Waals surface area contributed by atoms with Gasteiger partial charge in [-0.05, 0) is 36.6 Å². The average Bonchev–Trinajstić information content (AvgIpc) is 3.00. The van der Waals surface area contributed by atoms with Crippen molar-refractivity contribution in [1.29, 1.82) is 0 Å². The van der Waals surface area contributed by atoms with E-state index in [1.54, 1.807) is 24.7 Å². The van der Waals surface area contributed by atoms with Crippen molar-refractivity contribution in [2.24, 2.45) is 5.92 Å². The SMILES string of the molecule is CC(C)CC(CO)NC(=O)c1ccc(-n2ccnc2)cc1. The van der Waals surface area contributed by atoms with Gasteiger partial charge in [0.1, 0.15) is 0 Å². The van der Waals surface area contributed by atoms with Crippen LogP contribution >= 0.6 is 0 Å². The molecule has 2 rings (SSSR count). The van der Waals surface area contributed by atoms with Gasteiger partial charge in [0, 0.05) is 23.6 Å². The molecule has 0 aliphatic rings. The zero-order valence-electron chi connectivity index (χ0n) is 12.4. The first kappa shape index (κ1) is 15.3. The molecule has 1 atom stereocenters. The van der Waals surface area contributed by atoms with Crippen molar-refractivity contribution < 1.29 is 9.90 Å². The van der Waals surface area contributed by atoms with E-state index in [1.807, 2.05) is 22.9 Å². The summed E-state index contributed by atoms with van der Waals surface area (Å²) in [6.45, 7) is 4.08. The minimum atomic E-state index is -0.203. The van der Waals surface area contributed by atoms with Crippen LogP contribution in [0.1, 0.15) is 30.6 Å². The van der Waals surface area contributed by atoms with Crippen molar-refractivity contribution in [2.45, 2.75) is 26.3 Å². The van der Waals surface area contributed by atoms with E-state index in [4.69, 9.17) is 0 Å². The highest BCUT2D eigenvalue weighted by Crippen LogP contribution is 2.10. The van der Waals surface area contributed by atoms with Gasteiger partial charge in [-0.1, -0.05) is 13.8 Å². The van der Waals surface area contributed by atoms with Gasteiger partial charge in [0.05, 0.1) is 19.0 Å². The summed E-state index contributed by atoms with van der Waals surface area (Å²) in [6.07, 6.45) is 6.02. The van der Waals surface area contributed by atoms with Crippen molar-refractivity contribution >= 4 is 5.91 Å². The Kier molecular flexibility index (Phi) is 5.11. The summed E-state index contributed by atoms with van der Waals surface area (Å²) in [4.78, 5) is 16.1. The maximum Gasteiger partial charge on any atom is 0.251 e. The number of carbonyl (C=O) groups excluding carboxylic acids is 1. The number of amides is 1. The highest BCUT2D eigenvalue weighted by atomic mass is 16.3. The van der Waals surface area contributed by atoms with Gasteiger partial charge in [-0.15, -0.1) is 0 Å². The highest BCUT2D eigenvalue weighted by molar-refractivity contribution is 5.94. The lowest BCUT2D eigenvalue weighted by Crippen LogP contribution is -2.38. The Labute approximate surface area is 124 Å². The topological polar surface area (TPSA) is 67.2 Å². The fraction of sp³-hybridized carbons (Fsp3) is 0.375. The first-order valence-corrected chi connectivity index (χ1v) is 7.10. The summed E-state index contributed by atoms with van der Waals surface area (Å²) in [5, 5.41) is 12.2. The summed E-state index contributed by atoms with van der Waals surface area (Å²) in [7, 11) is 0. The molecule has 1 aromatic heterocycles. The molecule has 1 aromatic carbocycles. The Morgan fingerprint density at radius 3 is 2.57 bits per heavy atom. The lowest BCUT2D eigenvalue weighted by atomic mass is 10.0. The predicted molar refractivity (Wildman–Crippen MR) is 81.4 cm³/mol. The summed E-state index contributed by atoms with van der Waals surface area (Å²) in [5.74, 6) is 0.262. The smallest absolute Gasteiger partial charge is 0.251 e. The Morgan fingerprint density at radius 1 is 1.33 bits per heavy atom. The molecule has 112 valence electrons. The molecule has 1 unspecified atom stereocenters. The first-order valence-electron chi connectivity index (χ1n) is 7.10. The van der Waals surface area contributed by atoms with Crippen molar-refractivity contribution in [2.75, 3.05) is 6.61 Å². The lowest BCUT2D eigenvalue weighted by molar-refractivity contribution is 0.0908. The van der Waals surface area contributed by atoms with E-state index in [0.29, 0.717) is 11.5 Å². The summed E-state index contributed by atoms with van der Waals surface area (Å²) >= 11 is 0. The van der Waals surface area contributed by atoms with Crippen LogP contribution in [0, 0.1) is 5.92 Å². The third-order valence-corrected chi connectivity index (χ3v) is 3.24. The number of nitrogens with zero attached hydrogens (tertiary/aromatic N) is 2. The number of hydrogen-bond acceptors (Lipinski definition) is 3. The Bertz CT molecular complexity index is 562. The number of nitrogens with one attached hydrogen (secondary N) is 1. The third kappa shape index (κ3) is 4.16. The van der Waals surface area contributed by atoms with Gasteiger partial charge in [-0.25, -0.2) is 4.98 Å². The van der Waals surface area contributed by atoms with E-state index in [-0.39, 0.29) is 18.6 Å². The van der Waals surface area contributed by atoms with E-state index in [0.717, 1.165) is 12.1 Å². The second-order valence-corrected chi connectivity index (χ2v) is 5.50. The predicted octanol–water partition coefficient (Wildman–Crippen LogP) is 2.01. The number of aromatic nitrogens is 2. The van der Waals surface area contributed by atoms with Gasteiger partial charge in [0.2, 0.25) is 0 Å². The maximum absolute atomic E-state index is 12.2. The number of hydrogen-bond donors (Lipinski definition) is 2. The van der Waals surface area contributed by atoms with Crippen LogP contribution in [0.3, 0.4) is 0 Å². The highest BCUT2D eigenvalue weighted by Gasteiger charge is 2.14. The fourth-order valence-corrected chi connectivity index (χ4v) is 2.21. The average molecular weight is 287 g/mol. The second-order valence-electron chi connectivity index (χ2n) is 5.50. The van der Waals surface area contributed by atoms with E-state index in [9.17, 15) is 9.90 Å². The zero-order chi connectivity index (χ0) is 15.2. The third-order valence-electron chi connectivity index (χ3n) is 3.24. The van der Waals surface area contributed by atoms with Crippen molar-refractivity contribution in [3.63, 3.8) is 0 Å². The number of rotatable bonds is 6. The molecule has 0 bridgehead atoms. The van der Waals surface area contributed by atoms with Gasteiger partial charge >= 0.3 is 0 Å². The largest absolute Gasteiger partial charge is 0.394 e. The quantitative estimate of drug-likeness (QED) is 0.854. The minimum absolute atomic E-state index is 0.0446. The van der Waals surface area contributed by atoms with Crippen LogP contribution < -0.4 is 5.32 Å². The summed E-state index contributed by atoms with van der Waals surface area (Å²) in [6, 6.07) is 7.08. The van der Waals surface area contributed by atoms with Gasteiger partial charge in [-0.2, -0.15) is 0 Å². The molecule has 0 saturated carbocycles. The number of aliphatic hydroxyl groups is 1. The second kappa shape index (κ2) is 7.04. The Morgan fingerprint density at radius 2 is 2.05 bits per heavy atom. The van der Waals surface area contributed by atoms with E-state index < -0.39 is 0 Å². The van der Waals surface area contributed by atoms with Crippen molar-refractivity contribution in [3.8, 4) is 5.69 Å². The first-order chi connectivity index (χ1) is 10.1. The number of carbonyl (C=O) groups is 1. The number of aliphatic hydroxyl groups excluding tert-OH is 1. The fourth-order valence-electron chi connectivity index (χ4n) is 2.21. The molecule has 0 aliphatic heterocycles. The van der Waals surface area contributed by atoms with Crippen molar-refractivity contribution in [3.05, 3.63) is 48.5 Å². The molecule has 21 heavy (non-hydrogen) atoms. The molecule has 0 fully saturated rings. The molecule has 5 nitrogen and oxygen atoms in total. The van der Waals surface area contributed by atoms with Gasteiger partial charge in [0.25, 0.3) is 5.91 Å². The van der Waals surface area contributed by atoms with Gasteiger partial charge in [-0.3, -0.25) is 4.79 Å². The standard InChI is InChI=1S/C16H21N3O2/c1-12(2)9-14(10-20)18-16(21)13-3-5-15(6-4-13)19-8-7-17-11-19/h3-8,11-12,14,20H,9-10H2,1-2H3,(H,18,21). The molecule has 5 heteroatoms. The van der Waals surface area contributed by atoms with Gasteiger partial charge in [0.15, 0.2) is 0 Å². The zero-order valence-corrected chi connectivity index (χ0v) is 12.4. The Hall–Kier alpha value is -2.14. The van der Waals surface area contributed by atoms with Crippen LogP contribution in [-0.4, -0.2) is 33.2 Å². The van der Waals surface area contributed by atoms with Gasteiger partial charge < -0.3 is 15.0 Å². The van der Waals surface area contributed by atoms with Crippen LogP contribution in [0.15, 0.2) is 43.0 Å². The van der Waals surface area contributed by atoms with Crippen LogP contribution in [0.5, 0.6) is 0 Å². The van der Waals surface area contributed by atoms with Crippen LogP contribution in [0.25, 0.3) is 5.69 Å². The molecule has 0 saturated heterocycles. The van der Waals surface area contributed by atoms with E-state index in [2.05, 4.69) is 24.1 Å². The van der Waals surface area contributed by atoms with Crippen LogP contribution in [0.2, 0.25) is 0 Å². The molecule has 0 aliphatic carbocycles. The van der Waals surface area contributed by atoms with E-state index >= 15 is 0 Å². The molecule has 2 aromatic rings. The lowest BCUT2D eigenvalue weighted by Gasteiger charge is -2.18. The van der Waals surface area contributed by atoms with Crippen LogP contribution in [0.4, 0.5) is 0 Å². The maximum atomic E-state index is 12.2. The Balaban J connectivity index is 2.02. The molecular weight excluding hydrogens is 266 g/mol. The molecule has 1 heterocycles. The molecular formula is C16H21N3O2. The molecule has 0 spiro atoms. The number of benzene rings is 1.